The molecule has 3 aliphatic heterocycles. The van der Waals surface area contributed by atoms with Gasteiger partial charge in [0.25, 0.3) is 5.79 Å². The molecule has 0 bridgehead atoms. The largest absolute Gasteiger partial charge is 0.477 e. The Morgan fingerprint density at radius 2 is 2.00 bits per heavy atom. The van der Waals surface area contributed by atoms with Crippen LogP contribution in [0.25, 0.3) is 10.3 Å². The van der Waals surface area contributed by atoms with Crippen molar-refractivity contribution in [2.75, 3.05) is 37.7 Å². The minimum Gasteiger partial charge on any atom is -0.477 e. The predicted octanol–water partition coefficient (Wildman–Crippen LogP) is 5.34. The van der Waals surface area contributed by atoms with Gasteiger partial charge in [0.1, 0.15) is 21.3 Å². The Morgan fingerprint density at radius 3 is 2.71 bits per heavy atom. The van der Waals surface area contributed by atoms with Crippen molar-refractivity contribution in [3.63, 3.8) is 0 Å². The van der Waals surface area contributed by atoms with Crippen molar-refractivity contribution >= 4 is 44.9 Å². The Hall–Kier alpha value is -3.38. The number of imidazole rings is 1. The van der Waals surface area contributed by atoms with Crippen LogP contribution in [-0.4, -0.2) is 64.4 Å². The van der Waals surface area contributed by atoms with Gasteiger partial charge in [0, 0.05) is 44.7 Å². The Kier molecular flexibility index (Phi) is 6.57. The van der Waals surface area contributed by atoms with Crippen LogP contribution in [0.4, 0.5) is 10.1 Å². The van der Waals surface area contributed by atoms with E-state index < -0.39 is 17.6 Å². The van der Waals surface area contributed by atoms with Crippen LogP contribution in [0.2, 0.25) is 5.02 Å². The lowest BCUT2D eigenvalue weighted by Crippen LogP contribution is -2.46. The molecule has 2 fully saturated rings. The summed E-state index contributed by atoms with van der Waals surface area (Å²) < 4.78 is 35.0. The highest BCUT2D eigenvalue weighted by atomic mass is 35.5. The molecule has 2 atom stereocenters. The number of hydrogen-bond donors (Lipinski definition) is 1. The molecule has 3 aliphatic rings. The molecule has 7 rings (SSSR count). The number of fused-ring (bicyclic) bond motifs is 2. The van der Waals surface area contributed by atoms with Gasteiger partial charge in [-0.05, 0) is 42.8 Å². The van der Waals surface area contributed by atoms with E-state index in [0.717, 1.165) is 61.1 Å². The lowest BCUT2D eigenvalue weighted by atomic mass is 10.1. The number of carboxylic acid groups (broad SMARTS) is 1. The average Bonchev–Trinajstić information content (AvgIpc) is 3.57. The van der Waals surface area contributed by atoms with Crippen molar-refractivity contribution in [2.45, 2.75) is 38.3 Å². The highest BCUT2D eigenvalue weighted by Crippen LogP contribution is 2.50. The summed E-state index contributed by atoms with van der Waals surface area (Å²) in [6.45, 7) is 6.92. The number of benzene rings is 2. The highest BCUT2D eigenvalue weighted by molar-refractivity contribution is 7.20. The van der Waals surface area contributed by atoms with E-state index >= 15 is 0 Å². The summed E-state index contributed by atoms with van der Waals surface area (Å²) in [7, 11) is 0. The van der Waals surface area contributed by atoms with E-state index in [1.807, 2.05) is 18.2 Å². The van der Waals surface area contributed by atoms with Crippen LogP contribution in [0.3, 0.4) is 0 Å². The van der Waals surface area contributed by atoms with Gasteiger partial charge in [0.2, 0.25) is 0 Å². The minimum atomic E-state index is -1.30. The van der Waals surface area contributed by atoms with Gasteiger partial charge in [0.05, 0.1) is 36.0 Å². The number of para-hydroxylation sites is 1. The summed E-state index contributed by atoms with van der Waals surface area (Å²) in [5.41, 5.74) is 2.05. The first-order valence-corrected chi connectivity index (χ1v) is 14.7. The maximum atomic E-state index is 14.8. The van der Waals surface area contributed by atoms with Gasteiger partial charge < -0.3 is 28.8 Å². The van der Waals surface area contributed by atoms with E-state index in [4.69, 9.17) is 30.8 Å². The summed E-state index contributed by atoms with van der Waals surface area (Å²) in [5, 5.41) is 9.76. The number of aromatic carboxylic acids is 1. The first-order chi connectivity index (χ1) is 19.8. The number of carbonyl (C=O) groups is 1. The van der Waals surface area contributed by atoms with Crippen LogP contribution in [0.1, 0.15) is 34.4 Å². The number of rotatable bonds is 7. The van der Waals surface area contributed by atoms with Gasteiger partial charge in [-0.15, -0.1) is 11.3 Å². The van der Waals surface area contributed by atoms with Crippen LogP contribution >= 0.6 is 22.9 Å². The fourth-order valence-electron chi connectivity index (χ4n) is 5.70. The zero-order chi connectivity index (χ0) is 28.3. The van der Waals surface area contributed by atoms with Crippen molar-refractivity contribution in [1.82, 2.24) is 14.5 Å². The van der Waals surface area contributed by atoms with Crippen molar-refractivity contribution in [2.24, 2.45) is 0 Å². The third-order valence-corrected chi connectivity index (χ3v) is 9.22. The molecule has 4 aromatic rings. The molecule has 2 aromatic carbocycles. The summed E-state index contributed by atoms with van der Waals surface area (Å²) in [4.78, 5) is 22.0. The van der Waals surface area contributed by atoms with Gasteiger partial charge in [-0.25, -0.2) is 14.2 Å². The van der Waals surface area contributed by atoms with Crippen molar-refractivity contribution < 1.29 is 28.5 Å². The molecule has 0 spiro atoms. The number of thiophene rings is 1. The number of aromatic nitrogens is 2. The topological polar surface area (TPSA) is 89.3 Å². The second-order valence-corrected chi connectivity index (χ2v) is 12.1. The number of ether oxygens (including phenoxy) is 3. The lowest BCUT2D eigenvalue weighted by Gasteiger charge is -2.36. The quantitative estimate of drug-likeness (QED) is 0.305. The third kappa shape index (κ3) is 4.80. The molecule has 0 saturated carbocycles. The molecule has 12 heteroatoms. The number of anilines is 1. The van der Waals surface area contributed by atoms with Crippen molar-refractivity contribution in [3.05, 3.63) is 69.6 Å². The first-order valence-electron chi connectivity index (χ1n) is 13.5. The van der Waals surface area contributed by atoms with Crippen LogP contribution in [0.5, 0.6) is 11.5 Å². The SMILES string of the molecule is CC1(c2ccc(Cl)cc2F)Oc2cccc(N3CCN(Cc4nc5sc(C(=O)O)cc5n4C[C@@H]4CCO4)CC3)c2O1. The summed E-state index contributed by atoms with van der Waals surface area (Å²) in [5.74, 6) is -0.623. The monoisotopic (exact) mass is 598 g/mol. The summed E-state index contributed by atoms with van der Waals surface area (Å²) in [6.07, 6.45) is 1.12. The van der Waals surface area contributed by atoms with Gasteiger partial charge in [-0.3, -0.25) is 4.90 Å². The van der Waals surface area contributed by atoms with E-state index in [2.05, 4.69) is 14.4 Å². The molecule has 2 saturated heterocycles. The normalized spacial score (nSPS) is 22.3. The number of nitrogens with zero attached hydrogens (tertiary/aromatic N) is 4. The van der Waals surface area contributed by atoms with Crippen LogP contribution in [0, 0.1) is 5.82 Å². The first kappa shape index (κ1) is 26.5. The van der Waals surface area contributed by atoms with E-state index in [9.17, 15) is 14.3 Å². The molecule has 2 aromatic heterocycles. The zero-order valence-electron chi connectivity index (χ0n) is 22.3. The predicted molar refractivity (Wildman–Crippen MR) is 153 cm³/mol. The second kappa shape index (κ2) is 10.2. The molecule has 1 N–H and O–H groups in total. The standard InChI is InChI=1S/C29H28ClFN4O5S/c1-29(19-6-5-17(30)13-20(19)31)39-23-4-2-3-21(26(23)40-29)34-10-8-33(9-11-34)16-25-32-27-22(14-24(41-27)28(36)37)35(25)15-18-7-12-38-18/h2-6,13-14,18H,7-12,15-16H2,1H3,(H,36,37)/t18-,29?/m0/s1. The van der Waals surface area contributed by atoms with Gasteiger partial charge in [-0.2, -0.15) is 0 Å². The van der Waals surface area contributed by atoms with Gasteiger partial charge in [0.15, 0.2) is 11.5 Å². The highest BCUT2D eigenvalue weighted by Gasteiger charge is 2.43. The molecule has 5 heterocycles. The Bertz CT molecular complexity index is 1650. The number of piperazine rings is 1. The van der Waals surface area contributed by atoms with Crippen molar-refractivity contribution in [1.29, 1.82) is 0 Å². The van der Waals surface area contributed by atoms with E-state index in [1.54, 1.807) is 25.1 Å². The van der Waals surface area contributed by atoms with Gasteiger partial charge in [-0.1, -0.05) is 17.7 Å². The fourth-order valence-corrected chi connectivity index (χ4v) is 6.75. The Morgan fingerprint density at radius 1 is 1.20 bits per heavy atom. The molecule has 41 heavy (non-hydrogen) atoms. The molecular formula is C29H28ClFN4O5S. The number of halogens is 2. The number of hydrogen-bond acceptors (Lipinski definition) is 8. The summed E-state index contributed by atoms with van der Waals surface area (Å²) in [6, 6.07) is 12.0. The minimum absolute atomic E-state index is 0.130. The molecular weight excluding hydrogens is 571 g/mol. The van der Waals surface area contributed by atoms with E-state index in [-0.39, 0.29) is 11.7 Å². The molecule has 1 unspecified atom stereocenters. The Balaban J connectivity index is 1.07. The summed E-state index contributed by atoms with van der Waals surface area (Å²) >= 11 is 7.16. The molecule has 0 aliphatic carbocycles. The van der Waals surface area contributed by atoms with Crippen molar-refractivity contribution in [3.8, 4) is 11.5 Å². The fraction of sp³-hybridized carbons (Fsp3) is 0.379. The smallest absolute Gasteiger partial charge is 0.346 e. The molecule has 9 nitrogen and oxygen atoms in total. The number of carboxylic acids is 1. The second-order valence-electron chi connectivity index (χ2n) is 10.7. The van der Waals surface area contributed by atoms with E-state index in [0.29, 0.717) is 34.5 Å². The average molecular weight is 599 g/mol. The molecule has 0 amide bonds. The van der Waals surface area contributed by atoms with Crippen LogP contribution < -0.4 is 14.4 Å². The maximum absolute atomic E-state index is 14.8. The zero-order valence-corrected chi connectivity index (χ0v) is 23.9. The lowest BCUT2D eigenvalue weighted by molar-refractivity contribution is -0.0705. The van der Waals surface area contributed by atoms with Gasteiger partial charge >= 0.3 is 5.97 Å². The third-order valence-electron chi connectivity index (χ3n) is 7.97. The Labute approximate surface area is 244 Å². The van der Waals surface area contributed by atoms with Crippen LogP contribution in [0.15, 0.2) is 42.5 Å². The van der Waals surface area contributed by atoms with Crippen LogP contribution in [-0.2, 0) is 23.6 Å². The molecule has 214 valence electrons. The molecule has 0 radical (unpaired) electrons. The van der Waals surface area contributed by atoms with E-state index in [1.165, 1.54) is 17.4 Å². The maximum Gasteiger partial charge on any atom is 0.346 e.